The Bertz CT molecular complexity index is 619. The van der Waals surface area contributed by atoms with Gasteiger partial charge in [0.05, 0.1) is 0 Å². The van der Waals surface area contributed by atoms with E-state index < -0.39 is 0 Å². The molecule has 1 unspecified atom stereocenters. The molecule has 1 atom stereocenters. The summed E-state index contributed by atoms with van der Waals surface area (Å²) < 4.78 is 6.03. The first-order chi connectivity index (χ1) is 10.2. The van der Waals surface area contributed by atoms with E-state index in [9.17, 15) is 0 Å². The minimum Gasteiger partial charge on any atom is -0.457 e. The fourth-order valence-corrected chi connectivity index (χ4v) is 3.02. The Balaban J connectivity index is 1.77. The lowest BCUT2D eigenvalue weighted by Gasteiger charge is -2.17. The highest BCUT2D eigenvalue weighted by molar-refractivity contribution is 5.40. The van der Waals surface area contributed by atoms with E-state index in [1.165, 1.54) is 42.4 Å². The first-order valence-electron chi connectivity index (χ1n) is 7.85. The molecule has 0 saturated carbocycles. The SMILES string of the molecule is CC(N)Cc1cccc(Oc2ccc3c(c2)CCCC3)c1. The van der Waals surface area contributed by atoms with E-state index in [4.69, 9.17) is 10.5 Å². The van der Waals surface area contributed by atoms with Crippen LogP contribution in [0.15, 0.2) is 42.5 Å². The lowest BCUT2D eigenvalue weighted by molar-refractivity contribution is 0.480. The average molecular weight is 281 g/mol. The van der Waals surface area contributed by atoms with Gasteiger partial charge in [-0.3, -0.25) is 0 Å². The van der Waals surface area contributed by atoms with Crippen molar-refractivity contribution in [2.75, 3.05) is 0 Å². The summed E-state index contributed by atoms with van der Waals surface area (Å²) in [5, 5.41) is 0. The average Bonchev–Trinajstić information content (AvgIpc) is 2.47. The lowest BCUT2D eigenvalue weighted by Crippen LogP contribution is -2.17. The predicted octanol–water partition coefficient (Wildman–Crippen LogP) is 4.25. The summed E-state index contributed by atoms with van der Waals surface area (Å²) in [6.07, 6.45) is 5.87. The summed E-state index contributed by atoms with van der Waals surface area (Å²) >= 11 is 0. The maximum atomic E-state index is 6.03. The number of hydrogen-bond acceptors (Lipinski definition) is 2. The molecule has 2 aromatic carbocycles. The van der Waals surface area contributed by atoms with Crippen LogP contribution in [0.4, 0.5) is 0 Å². The van der Waals surface area contributed by atoms with Crippen molar-refractivity contribution in [3.63, 3.8) is 0 Å². The minimum absolute atomic E-state index is 0.170. The summed E-state index contributed by atoms with van der Waals surface area (Å²) in [4.78, 5) is 0. The third-order valence-electron chi connectivity index (χ3n) is 4.01. The van der Waals surface area contributed by atoms with Gasteiger partial charge in [-0.1, -0.05) is 18.2 Å². The number of rotatable bonds is 4. The van der Waals surface area contributed by atoms with Crippen LogP contribution >= 0.6 is 0 Å². The van der Waals surface area contributed by atoms with Crippen molar-refractivity contribution in [3.8, 4) is 11.5 Å². The predicted molar refractivity (Wildman–Crippen MR) is 87.0 cm³/mol. The second-order valence-corrected chi connectivity index (χ2v) is 6.07. The fourth-order valence-electron chi connectivity index (χ4n) is 3.02. The zero-order valence-corrected chi connectivity index (χ0v) is 12.6. The van der Waals surface area contributed by atoms with Gasteiger partial charge in [-0.05, 0) is 80.0 Å². The molecule has 0 radical (unpaired) electrons. The third kappa shape index (κ3) is 3.64. The standard InChI is InChI=1S/C19H23NO/c1-14(20)11-15-5-4-8-18(12-15)21-19-10-9-16-6-2-3-7-17(16)13-19/h4-5,8-10,12-14H,2-3,6-7,11,20H2,1H3. The number of hydrogen-bond donors (Lipinski definition) is 1. The molecule has 110 valence electrons. The first kappa shape index (κ1) is 14.2. The number of nitrogens with two attached hydrogens (primary N) is 1. The molecule has 2 heteroatoms. The molecule has 2 aromatic rings. The third-order valence-corrected chi connectivity index (χ3v) is 4.01. The van der Waals surface area contributed by atoms with E-state index >= 15 is 0 Å². The first-order valence-corrected chi connectivity index (χ1v) is 7.85. The minimum atomic E-state index is 0.170. The summed E-state index contributed by atoms with van der Waals surface area (Å²) in [6, 6.07) is 14.9. The highest BCUT2D eigenvalue weighted by atomic mass is 16.5. The Labute approximate surface area is 126 Å². The van der Waals surface area contributed by atoms with Crippen LogP contribution < -0.4 is 10.5 Å². The number of ether oxygens (including phenoxy) is 1. The van der Waals surface area contributed by atoms with Crippen molar-refractivity contribution in [3.05, 3.63) is 59.2 Å². The summed E-state index contributed by atoms with van der Waals surface area (Å²) in [7, 11) is 0. The van der Waals surface area contributed by atoms with Crippen molar-refractivity contribution in [2.24, 2.45) is 5.73 Å². The van der Waals surface area contributed by atoms with Gasteiger partial charge in [0.2, 0.25) is 0 Å². The van der Waals surface area contributed by atoms with Gasteiger partial charge < -0.3 is 10.5 Å². The monoisotopic (exact) mass is 281 g/mol. The maximum absolute atomic E-state index is 6.03. The van der Waals surface area contributed by atoms with E-state index in [-0.39, 0.29) is 6.04 Å². The summed E-state index contributed by atoms with van der Waals surface area (Å²) in [6.45, 7) is 2.02. The highest BCUT2D eigenvalue weighted by Crippen LogP contribution is 2.28. The molecule has 1 aliphatic rings. The van der Waals surface area contributed by atoms with Crippen LogP contribution in [0.1, 0.15) is 36.5 Å². The summed E-state index contributed by atoms with van der Waals surface area (Å²) in [5.41, 5.74) is 10.0. The molecule has 21 heavy (non-hydrogen) atoms. The van der Waals surface area contributed by atoms with Crippen molar-refractivity contribution >= 4 is 0 Å². The molecule has 0 saturated heterocycles. The van der Waals surface area contributed by atoms with Crippen LogP contribution in [0.2, 0.25) is 0 Å². The van der Waals surface area contributed by atoms with E-state index in [2.05, 4.69) is 30.3 Å². The Hall–Kier alpha value is -1.80. The Morgan fingerprint density at radius 3 is 2.57 bits per heavy atom. The van der Waals surface area contributed by atoms with Crippen LogP contribution in [0.5, 0.6) is 11.5 Å². The summed E-state index contributed by atoms with van der Waals surface area (Å²) in [5.74, 6) is 1.83. The van der Waals surface area contributed by atoms with Crippen LogP contribution in [0.3, 0.4) is 0 Å². The van der Waals surface area contributed by atoms with E-state index in [0.717, 1.165) is 17.9 Å². The normalized spacial score (nSPS) is 15.3. The van der Waals surface area contributed by atoms with Crippen molar-refractivity contribution < 1.29 is 4.74 Å². The zero-order valence-electron chi connectivity index (χ0n) is 12.6. The van der Waals surface area contributed by atoms with Crippen molar-refractivity contribution in [2.45, 2.75) is 45.1 Å². The molecule has 0 spiro atoms. The van der Waals surface area contributed by atoms with Gasteiger partial charge in [-0.2, -0.15) is 0 Å². The maximum Gasteiger partial charge on any atom is 0.127 e. The Morgan fingerprint density at radius 1 is 1.00 bits per heavy atom. The molecule has 0 heterocycles. The number of aryl methyl sites for hydroxylation is 2. The van der Waals surface area contributed by atoms with Gasteiger partial charge in [-0.15, -0.1) is 0 Å². The second kappa shape index (κ2) is 6.31. The highest BCUT2D eigenvalue weighted by Gasteiger charge is 2.10. The van der Waals surface area contributed by atoms with Crippen LogP contribution in [0.25, 0.3) is 0 Å². The van der Waals surface area contributed by atoms with Crippen LogP contribution in [-0.4, -0.2) is 6.04 Å². The molecular weight excluding hydrogens is 258 g/mol. The molecule has 2 nitrogen and oxygen atoms in total. The van der Waals surface area contributed by atoms with Crippen molar-refractivity contribution in [1.29, 1.82) is 0 Å². The Morgan fingerprint density at radius 2 is 1.76 bits per heavy atom. The fraction of sp³-hybridized carbons (Fsp3) is 0.368. The number of fused-ring (bicyclic) bond motifs is 1. The lowest BCUT2D eigenvalue weighted by atomic mass is 9.92. The molecule has 3 rings (SSSR count). The van der Waals surface area contributed by atoms with Gasteiger partial charge in [0.1, 0.15) is 11.5 Å². The smallest absolute Gasteiger partial charge is 0.127 e. The molecule has 2 N–H and O–H groups in total. The second-order valence-electron chi connectivity index (χ2n) is 6.07. The van der Waals surface area contributed by atoms with E-state index in [1.807, 2.05) is 19.1 Å². The molecule has 0 aliphatic heterocycles. The quantitative estimate of drug-likeness (QED) is 0.909. The van der Waals surface area contributed by atoms with Gasteiger partial charge >= 0.3 is 0 Å². The topological polar surface area (TPSA) is 35.2 Å². The molecule has 0 fully saturated rings. The zero-order chi connectivity index (χ0) is 14.7. The molecule has 0 amide bonds. The van der Waals surface area contributed by atoms with Gasteiger partial charge in [0.25, 0.3) is 0 Å². The molecule has 0 bridgehead atoms. The van der Waals surface area contributed by atoms with Gasteiger partial charge in [0.15, 0.2) is 0 Å². The van der Waals surface area contributed by atoms with Crippen LogP contribution in [-0.2, 0) is 19.3 Å². The van der Waals surface area contributed by atoms with Gasteiger partial charge in [-0.25, -0.2) is 0 Å². The molecule has 0 aromatic heterocycles. The molecular formula is C19H23NO. The Kier molecular flexibility index (Phi) is 4.26. The largest absolute Gasteiger partial charge is 0.457 e. The van der Waals surface area contributed by atoms with E-state index in [0.29, 0.717) is 0 Å². The van der Waals surface area contributed by atoms with Crippen LogP contribution in [0, 0.1) is 0 Å². The van der Waals surface area contributed by atoms with E-state index in [1.54, 1.807) is 0 Å². The number of benzene rings is 2. The van der Waals surface area contributed by atoms with Gasteiger partial charge in [0, 0.05) is 6.04 Å². The van der Waals surface area contributed by atoms with Crippen molar-refractivity contribution in [1.82, 2.24) is 0 Å². The molecule has 1 aliphatic carbocycles.